The van der Waals surface area contributed by atoms with Gasteiger partial charge in [0.25, 0.3) is 0 Å². The summed E-state index contributed by atoms with van der Waals surface area (Å²) in [5.74, 6) is 1.42. The lowest BCUT2D eigenvalue weighted by molar-refractivity contribution is -0.135. The highest BCUT2D eigenvalue weighted by Gasteiger charge is 2.42. The molecule has 0 N–H and O–H groups in total. The van der Waals surface area contributed by atoms with Gasteiger partial charge in [0.1, 0.15) is 0 Å². The minimum Gasteiger partial charge on any atom is -0.343 e. The van der Waals surface area contributed by atoms with E-state index in [0.29, 0.717) is 23.8 Å². The molecule has 0 aromatic carbocycles. The van der Waals surface area contributed by atoms with Crippen molar-refractivity contribution in [2.75, 3.05) is 7.05 Å². The van der Waals surface area contributed by atoms with Crippen molar-refractivity contribution in [1.29, 1.82) is 0 Å². The molecule has 0 aliphatic heterocycles. The van der Waals surface area contributed by atoms with Gasteiger partial charge in [-0.2, -0.15) is 0 Å². The molecule has 0 aromatic rings. The maximum atomic E-state index is 11.7. The lowest BCUT2D eigenvalue weighted by atomic mass is 9.91. The third-order valence-electron chi connectivity index (χ3n) is 3.40. The molecule has 1 amide bonds. The second-order valence-corrected chi connectivity index (χ2v) is 4.35. The molecule has 2 rings (SSSR count). The van der Waals surface area contributed by atoms with Crippen LogP contribution in [0.1, 0.15) is 32.6 Å². The van der Waals surface area contributed by atoms with Crippen LogP contribution < -0.4 is 0 Å². The Morgan fingerprint density at radius 1 is 1.42 bits per heavy atom. The quantitative estimate of drug-likeness (QED) is 0.612. The Morgan fingerprint density at radius 3 is 2.33 bits per heavy atom. The third kappa shape index (κ3) is 1.23. The highest BCUT2D eigenvalue weighted by molar-refractivity contribution is 5.81. The first-order valence-corrected chi connectivity index (χ1v) is 4.97. The highest BCUT2D eigenvalue weighted by atomic mass is 16.2. The van der Waals surface area contributed by atoms with Crippen LogP contribution in [-0.4, -0.2) is 23.9 Å². The van der Waals surface area contributed by atoms with Gasteiger partial charge in [0.15, 0.2) is 0 Å². The Labute approximate surface area is 73.9 Å². The monoisotopic (exact) mass is 167 g/mol. The molecule has 2 heteroatoms. The van der Waals surface area contributed by atoms with E-state index in [0.717, 1.165) is 6.42 Å². The molecule has 2 aliphatic carbocycles. The third-order valence-corrected chi connectivity index (χ3v) is 3.40. The topological polar surface area (TPSA) is 20.3 Å². The van der Waals surface area contributed by atoms with Crippen LogP contribution >= 0.6 is 0 Å². The van der Waals surface area contributed by atoms with Gasteiger partial charge >= 0.3 is 0 Å². The molecule has 2 nitrogen and oxygen atoms in total. The number of nitrogens with zero attached hydrogens (tertiary/aromatic N) is 1. The molecule has 0 radical (unpaired) electrons. The van der Waals surface area contributed by atoms with Crippen molar-refractivity contribution in [2.45, 2.75) is 38.6 Å². The van der Waals surface area contributed by atoms with Crippen LogP contribution in [0.3, 0.4) is 0 Å². The first kappa shape index (κ1) is 8.09. The molecule has 0 bridgehead atoms. The Morgan fingerprint density at radius 2 is 2.00 bits per heavy atom. The summed E-state index contributed by atoms with van der Waals surface area (Å²) in [6.07, 6.45) is 4.88. The van der Waals surface area contributed by atoms with Crippen LogP contribution in [0.25, 0.3) is 0 Å². The molecule has 2 aliphatic rings. The Bertz CT molecular complexity index is 198. The van der Waals surface area contributed by atoms with E-state index in [1.807, 2.05) is 11.9 Å². The lowest BCUT2D eigenvalue weighted by Crippen LogP contribution is -2.42. The zero-order valence-corrected chi connectivity index (χ0v) is 7.92. The number of rotatable bonds is 2. The van der Waals surface area contributed by atoms with Crippen LogP contribution in [0.15, 0.2) is 0 Å². The molecule has 0 saturated heterocycles. The van der Waals surface area contributed by atoms with Crippen molar-refractivity contribution in [3.8, 4) is 0 Å². The molecule has 0 spiro atoms. The number of carbonyl (C=O) groups is 1. The van der Waals surface area contributed by atoms with Gasteiger partial charge in [-0.05, 0) is 31.6 Å². The highest BCUT2D eigenvalue weighted by Crippen LogP contribution is 2.40. The maximum absolute atomic E-state index is 11.7. The smallest absolute Gasteiger partial charge is 0.225 e. The van der Waals surface area contributed by atoms with Gasteiger partial charge in [-0.3, -0.25) is 4.79 Å². The Hall–Kier alpha value is -0.530. The van der Waals surface area contributed by atoms with Gasteiger partial charge in [0, 0.05) is 19.0 Å². The second kappa shape index (κ2) is 2.75. The first-order valence-electron chi connectivity index (χ1n) is 4.97. The summed E-state index contributed by atoms with van der Waals surface area (Å²) in [7, 11) is 1.97. The van der Waals surface area contributed by atoms with E-state index >= 15 is 0 Å². The van der Waals surface area contributed by atoms with E-state index in [1.54, 1.807) is 0 Å². The summed E-state index contributed by atoms with van der Waals surface area (Å²) in [6.45, 7) is 2.16. The van der Waals surface area contributed by atoms with E-state index in [4.69, 9.17) is 0 Å². The van der Waals surface area contributed by atoms with Crippen LogP contribution in [0.4, 0.5) is 0 Å². The average molecular weight is 167 g/mol. The van der Waals surface area contributed by atoms with Crippen molar-refractivity contribution < 1.29 is 4.79 Å². The largest absolute Gasteiger partial charge is 0.343 e. The van der Waals surface area contributed by atoms with Gasteiger partial charge in [0.2, 0.25) is 5.91 Å². The summed E-state index contributed by atoms with van der Waals surface area (Å²) in [5, 5.41) is 0. The van der Waals surface area contributed by atoms with Crippen LogP contribution in [0.2, 0.25) is 0 Å². The predicted octanol–water partition coefficient (Wildman–Crippen LogP) is 1.65. The molecular formula is C10H17NO. The van der Waals surface area contributed by atoms with E-state index in [9.17, 15) is 4.79 Å². The van der Waals surface area contributed by atoms with Crippen LogP contribution in [0, 0.1) is 11.8 Å². The molecule has 0 aromatic heterocycles. The van der Waals surface area contributed by atoms with Gasteiger partial charge in [-0.1, -0.05) is 6.92 Å². The van der Waals surface area contributed by atoms with Gasteiger partial charge in [-0.25, -0.2) is 0 Å². The molecule has 0 heterocycles. The zero-order chi connectivity index (χ0) is 8.72. The molecule has 68 valence electrons. The SMILES string of the molecule is C[C@@H]1C[C@H]1C(=O)N(C)C1CCC1. The molecule has 2 atom stereocenters. The minimum absolute atomic E-state index is 0.371. The van der Waals surface area contributed by atoms with E-state index < -0.39 is 0 Å². The minimum atomic E-state index is 0.371. The van der Waals surface area contributed by atoms with Crippen molar-refractivity contribution in [2.24, 2.45) is 11.8 Å². The van der Waals surface area contributed by atoms with Crippen molar-refractivity contribution in [3.05, 3.63) is 0 Å². The van der Waals surface area contributed by atoms with E-state index in [1.165, 1.54) is 19.3 Å². The number of amides is 1. The Balaban J connectivity index is 1.86. The first-order chi connectivity index (χ1) is 5.70. The maximum Gasteiger partial charge on any atom is 0.225 e. The summed E-state index contributed by atoms with van der Waals surface area (Å²) in [6, 6.07) is 0.574. The molecule has 0 unspecified atom stereocenters. The molecule has 2 saturated carbocycles. The average Bonchev–Trinajstić information content (AvgIpc) is 2.61. The van der Waals surface area contributed by atoms with E-state index in [2.05, 4.69) is 6.92 Å². The number of carbonyl (C=O) groups excluding carboxylic acids is 1. The van der Waals surface area contributed by atoms with Gasteiger partial charge < -0.3 is 4.90 Å². The van der Waals surface area contributed by atoms with Gasteiger partial charge in [0.05, 0.1) is 0 Å². The fourth-order valence-corrected chi connectivity index (χ4v) is 1.88. The van der Waals surface area contributed by atoms with Crippen molar-refractivity contribution >= 4 is 5.91 Å². The van der Waals surface area contributed by atoms with Crippen LogP contribution in [-0.2, 0) is 4.79 Å². The summed E-state index contributed by atoms with van der Waals surface area (Å²) < 4.78 is 0. The predicted molar refractivity (Wildman–Crippen MR) is 47.7 cm³/mol. The van der Waals surface area contributed by atoms with Crippen molar-refractivity contribution in [1.82, 2.24) is 4.90 Å². The summed E-state index contributed by atoms with van der Waals surface area (Å²) in [5.41, 5.74) is 0. The van der Waals surface area contributed by atoms with Gasteiger partial charge in [-0.15, -0.1) is 0 Å². The normalized spacial score (nSPS) is 34.2. The standard InChI is InChI=1S/C10H17NO/c1-7-6-9(7)10(12)11(2)8-4-3-5-8/h7-9H,3-6H2,1-2H3/t7-,9-/m1/s1. The molecular weight excluding hydrogens is 150 g/mol. The number of hydrogen-bond acceptors (Lipinski definition) is 1. The Kier molecular flexibility index (Phi) is 1.85. The second-order valence-electron chi connectivity index (χ2n) is 4.35. The summed E-state index contributed by atoms with van der Waals surface area (Å²) in [4.78, 5) is 13.7. The number of hydrogen-bond donors (Lipinski definition) is 0. The van der Waals surface area contributed by atoms with E-state index in [-0.39, 0.29) is 0 Å². The van der Waals surface area contributed by atoms with Crippen LogP contribution in [0.5, 0.6) is 0 Å². The fourth-order valence-electron chi connectivity index (χ4n) is 1.88. The fraction of sp³-hybridized carbons (Fsp3) is 0.900. The summed E-state index contributed by atoms with van der Waals surface area (Å²) >= 11 is 0. The molecule has 2 fully saturated rings. The lowest BCUT2D eigenvalue weighted by Gasteiger charge is -2.34. The molecule has 12 heavy (non-hydrogen) atoms. The zero-order valence-electron chi connectivity index (χ0n) is 7.92. The van der Waals surface area contributed by atoms with Crippen molar-refractivity contribution in [3.63, 3.8) is 0 Å².